The fraction of sp³-hybridized carbons (Fsp3) is 0.781. The van der Waals surface area contributed by atoms with Crippen molar-refractivity contribution >= 4 is 29.5 Å². The number of nitrogens with zero attached hydrogens (tertiary/aromatic N) is 3. The molecule has 1 spiro atoms. The third kappa shape index (κ3) is 5.05. The predicted octanol–water partition coefficient (Wildman–Crippen LogP) is 4.65. The summed E-state index contributed by atoms with van der Waals surface area (Å²) in [6.07, 6.45) is 12.0. The second-order valence-corrected chi connectivity index (χ2v) is 14.6. The van der Waals surface area contributed by atoms with Gasteiger partial charge in [0.05, 0.1) is 29.2 Å². The molecule has 0 aromatic rings. The maximum absolute atomic E-state index is 14.8. The zero-order chi connectivity index (χ0) is 29.2. The molecule has 1 N–H and O–H groups in total. The van der Waals surface area contributed by atoms with Crippen molar-refractivity contribution in [2.75, 3.05) is 26.2 Å². The number of rotatable bonds is 13. The van der Waals surface area contributed by atoms with Crippen LogP contribution >= 0.6 is 11.8 Å². The van der Waals surface area contributed by atoms with Crippen molar-refractivity contribution in [2.45, 2.75) is 113 Å². The van der Waals surface area contributed by atoms with Gasteiger partial charge in [-0.2, -0.15) is 0 Å². The molecule has 0 aromatic carbocycles. The second-order valence-electron chi connectivity index (χ2n) is 12.8. The highest BCUT2D eigenvalue weighted by Crippen LogP contribution is 2.72. The van der Waals surface area contributed by atoms with E-state index < -0.39 is 33.4 Å². The standard InChI is InChI=1S/C32H51N3O4S/c1-7-18-33(19-8-2)28(37)25-26-29(38)35(24(21-36)22(5)10-4)27(32(26)17-16-31(25,6)40-32)30(39)34(20-9-3)23-14-12-11-13-15-23/h7,9,22-27,36H,1,3,8,10-21H2,2,4-6H3/t22-,24-,25-,26-,27?,31+,32?/m0/s1. The lowest BCUT2D eigenvalue weighted by molar-refractivity contribution is -0.149. The number of amides is 3. The zero-order valence-electron chi connectivity index (χ0n) is 25.1. The van der Waals surface area contributed by atoms with Crippen molar-refractivity contribution < 1.29 is 19.5 Å². The van der Waals surface area contributed by atoms with Crippen molar-refractivity contribution in [3.05, 3.63) is 25.3 Å². The van der Waals surface area contributed by atoms with Gasteiger partial charge in [-0.3, -0.25) is 14.4 Å². The van der Waals surface area contributed by atoms with E-state index >= 15 is 0 Å². The first-order chi connectivity index (χ1) is 19.1. The van der Waals surface area contributed by atoms with E-state index in [2.05, 4.69) is 33.9 Å². The summed E-state index contributed by atoms with van der Waals surface area (Å²) in [6.45, 7) is 17.4. The van der Waals surface area contributed by atoms with Gasteiger partial charge in [0.15, 0.2) is 0 Å². The normalized spacial score (nSPS) is 33.0. The van der Waals surface area contributed by atoms with Crippen LogP contribution in [0, 0.1) is 17.8 Å². The summed E-state index contributed by atoms with van der Waals surface area (Å²) in [4.78, 5) is 49.3. The predicted molar refractivity (Wildman–Crippen MR) is 162 cm³/mol. The fourth-order valence-electron chi connectivity index (χ4n) is 8.21. The Morgan fingerprint density at radius 3 is 2.38 bits per heavy atom. The fourth-order valence-corrected chi connectivity index (χ4v) is 10.5. The molecular weight excluding hydrogens is 522 g/mol. The van der Waals surface area contributed by atoms with Crippen LogP contribution in [0.2, 0.25) is 0 Å². The van der Waals surface area contributed by atoms with Crippen molar-refractivity contribution in [1.82, 2.24) is 14.7 Å². The molecule has 4 aliphatic rings. The highest BCUT2D eigenvalue weighted by atomic mass is 32.2. The number of hydrogen-bond donors (Lipinski definition) is 1. The summed E-state index contributed by atoms with van der Waals surface area (Å²) in [6, 6.07) is -1.03. The van der Waals surface area contributed by atoms with Gasteiger partial charge in [0.1, 0.15) is 6.04 Å². The largest absolute Gasteiger partial charge is 0.394 e. The minimum atomic E-state index is -0.693. The van der Waals surface area contributed by atoms with E-state index in [9.17, 15) is 19.5 Å². The van der Waals surface area contributed by atoms with E-state index in [0.717, 1.165) is 51.4 Å². The average Bonchev–Trinajstić information content (AvgIpc) is 3.52. The Labute approximate surface area is 245 Å². The minimum Gasteiger partial charge on any atom is -0.394 e. The molecule has 7 nitrogen and oxygen atoms in total. The molecule has 40 heavy (non-hydrogen) atoms. The van der Waals surface area contributed by atoms with Crippen molar-refractivity contribution in [3.63, 3.8) is 0 Å². The van der Waals surface area contributed by atoms with E-state index in [1.807, 2.05) is 16.7 Å². The van der Waals surface area contributed by atoms with E-state index in [0.29, 0.717) is 19.6 Å². The molecule has 224 valence electrons. The summed E-state index contributed by atoms with van der Waals surface area (Å²) in [7, 11) is 0. The third-order valence-corrected chi connectivity index (χ3v) is 12.3. The Balaban J connectivity index is 1.82. The molecule has 3 amide bonds. The molecule has 3 aliphatic heterocycles. The molecule has 4 fully saturated rings. The Bertz CT molecular complexity index is 983. The van der Waals surface area contributed by atoms with Crippen LogP contribution < -0.4 is 0 Å². The number of carbonyl (C=O) groups excluding carboxylic acids is 3. The van der Waals surface area contributed by atoms with Gasteiger partial charge in [0.2, 0.25) is 17.7 Å². The lowest BCUT2D eigenvalue weighted by Gasteiger charge is -2.43. The van der Waals surface area contributed by atoms with Crippen LogP contribution in [0.4, 0.5) is 0 Å². The summed E-state index contributed by atoms with van der Waals surface area (Å²) in [5, 5.41) is 10.7. The first-order valence-corrected chi connectivity index (χ1v) is 16.4. The Kier molecular flexibility index (Phi) is 9.81. The molecule has 8 heteroatoms. The molecule has 2 unspecified atom stereocenters. The highest BCUT2D eigenvalue weighted by molar-refractivity contribution is 8.02. The first kappa shape index (κ1) is 31.1. The van der Waals surface area contributed by atoms with Crippen LogP contribution in [0.25, 0.3) is 0 Å². The summed E-state index contributed by atoms with van der Waals surface area (Å²) < 4.78 is -1.08. The average molecular weight is 574 g/mol. The van der Waals surface area contributed by atoms with E-state index in [1.165, 1.54) is 6.42 Å². The van der Waals surface area contributed by atoms with Crippen LogP contribution in [0.1, 0.15) is 85.5 Å². The van der Waals surface area contributed by atoms with Crippen LogP contribution in [0.5, 0.6) is 0 Å². The third-order valence-electron chi connectivity index (χ3n) is 10.3. The molecule has 0 aromatic heterocycles. The molecule has 3 heterocycles. The van der Waals surface area contributed by atoms with Gasteiger partial charge in [0, 0.05) is 30.4 Å². The molecule has 1 saturated carbocycles. The lowest BCUT2D eigenvalue weighted by Crippen LogP contribution is -2.60. The smallest absolute Gasteiger partial charge is 0.247 e. The quantitative estimate of drug-likeness (QED) is 0.325. The van der Waals surface area contributed by atoms with Gasteiger partial charge in [-0.25, -0.2) is 0 Å². The molecule has 3 saturated heterocycles. The summed E-state index contributed by atoms with van der Waals surface area (Å²) in [5.74, 6) is -1.19. The van der Waals surface area contributed by atoms with Gasteiger partial charge in [-0.05, 0) is 44.9 Å². The van der Waals surface area contributed by atoms with E-state index in [4.69, 9.17) is 0 Å². The first-order valence-electron chi connectivity index (χ1n) is 15.6. The molecule has 7 atom stereocenters. The number of hydrogen-bond acceptors (Lipinski definition) is 5. The SMILES string of the molecule is C=CCN(CCC)C(=O)[C@@H]1[C@H]2C(=O)N([C@@H](CO)[C@@H](C)CC)C(C(=O)N(CC=C)C3CCCCC3)C23CC[C@@]1(C)S3. The monoisotopic (exact) mass is 573 g/mol. The molecule has 4 rings (SSSR count). The minimum absolute atomic E-state index is 0.00374. The number of aliphatic hydroxyl groups excluding tert-OH is 1. The Hall–Kier alpha value is -1.80. The van der Waals surface area contributed by atoms with Crippen molar-refractivity contribution in [1.29, 1.82) is 0 Å². The van der Waals surface area contributed by atoms with Gasteiger partial charge in [-0.15, -0.1) is 24.9 Å². The maximum atomic E-state index is 14.8. The number of fused-ring (bicyclic) bond motifs is 1. The van der Waals surface area contributed by atoms with Gasteiger partial charge in [0.25, 0.3) is 0 Å². The van der Waals surface area contributed by atoms with Gasteiger partial charge >= 0.3 is 0 Å². The lowest BCUT2D eigenvalue weighted by atomic mass is 9.66. The van der Waals surface area contributed by atoms with Crippen molar-refractivity contribution in [3.8, 4) is 0 Å². The van der Waals surface area contributed by atoms with Crippen LogP contribution in [-0.2, 0) is 14.4 Å². The van der Waals surface area contributed by atoms with Crippen LogP contribution in [0.15, 0.2) is 25.3 Å². The van der Waals surface area contributed by atoms with Gasteiger partial charge in [-0.1, -0.05) is 58.6 Å². The molecule has 0 radical (unpaired) electrons. The number of aliphatic hydroxyl groups is 1. The Morgan fingerprint density at radius 1 is 1.12 bits per heavy atom. The van der Waals surface area contributed by atoms with Crippen LogP contribution in [0.3, 0.4) is 0 Å². The molecule has 2 bridgehead atoms. The number of thioether (sulfide) groups is 1. The van der Waals surface area contributed by atoms with E-state index in [-0.39, 0.29) is 36.3 Å². The second kappa shape index (κ2) is 12.6. The zero-order valence-corrected chi connectivity index (χ0v) is 26.0. The van der Waals surface area contributed by atoms with Crippen LogP contribution in [-0.4, -0.2) is 91.4 Å². The summed E-state index contributed by atoms with van der Waals surface area (Å²) in [5.41, 5.74) is 0. The number of carbonyl (C=O) groups is 3. The molecule has 1 aliphatic carbocycles. The van der Waals surface area contributed by atoms with Crippen molar-refractivity contribution in [2.24, 2.45) is 17.8 Å². The number of likely N-dealkylation sites (tertiary alicyclic amines) is 1. The Morgan fingerprint density at radius 2 is 1.80 bits per heavy atom. The van der Waals surface area contributed by atoms with Gasteiger partial charge < -0.3 is 19.8 Å². The topological polar surface area (TPSA) is 81.2 Å². The van der Waals surface area contributed by atoms with E-state index in [1.54, 1.807) is 28.8 Å². The highest BCUT2D eigenvalue weighted by Gasteiger charge is 2.78. The summed E-state index contributed by atoms with van der Waals surface area (Å²) >= 11 is 1.72. The molecular formula is C32H51N3O4S. The maximum Gasteiger partial charge on any atom is 0.247 e.